The van der Waals surface area contributed by atoms with Crippen LogP contribution in [-0.4, -0.2) is 29.9 Å². The monoisotopic (exact) mass is 288 g/mol. The number of anilines is 1. The second-order valence-corrected chi connectivity index (χ2v) is 6.81. The van der Waals surface area contributed by atoms with Gasteiger partial charge in [0.2, 0.25) is 5.91 Å². The number of nitrogens with one attached hydrogen (secondary N) is 1. The maximum Gasteiger partial charge on any atom is 0.241 e. The van der Waals surface area contributed by atoms with E-state index in [1.807, 2.05) is 0 Å². The molecule has 21 heavy (non-hydrogen) atoms. The molecular formula is C18H28N2O. The summed E-state index contributed by atoms with van der Waals surface area (Å²) in [7, 11) is 0. The Balaban J connectivity index is 2.11. The summed E-state index contributed by atoms with van der Waals surface area (Å²) >= 11 is 0. The molecule has 1 atom stereocenters. The number of nitrogens with zero attached hydrogens (tertiary/aromatic N) is 1. The second kappa shape index (κ2) is 6.61. The number of aryl methyl sites for hydroxylation is 3. The zero-order valence-corrected chi connectivity index (χ0v) is 14.0. The van der Waals surface area contributed by atoms with E-state index in [9.17, 15) is 4.79 Å². The standard InChI is InChI=1S/C18H28N2O/c1-12(2)11-20-8-6-7-16(20)18(21)19-17-14(4)9-13(3)10-15(17)5/h9-10,12,16H,6-8,11H2,1-5H3,(H,19,21). The molecule has 3 heteroatoms. The van der Waals surface area contributed by atoms with Crippen LogP contribution in [0.2, 0.25) is 0 Å². The van der Waals surface area contributed by atoms with Crippen LogP contribution in [0.4, 0.5) is 5.69 Å². The molecule has 1 aliphatic rings. The lowest BCUT2D eigenvalue weighted by molar-refractivity contribution is -0.120. The minimum Gasteiger partial charge on any atom is -0.324 e. The van der Waals surface area contributed by atoms with Crippen LogP contribution in [0.15, 0.2) is 12.1 Å². The van der Waals surface area contributed by atoms with Crippen molar-refractivity contribution in [2.45, 2.75) is 53.5 Å². The van der Waals surface area contributed by atoms with E-state index in [2.05, 4.69) is 57.0 Å². The number of rotatable bonds is 4. The fourth-order valence-electron chi connectivity index (χ4n) is 3.39. The molecule has 3 nitrogen and oxygen atoms in total. The number of carbonyl (C=O) groups excluding carboxylic acids is 1. The average Bonchev–Trinajstić information content (AvgIpc) is 2.80. The van der Waals surface area contributed by atoms with Gasteiger partial charge in [-0.05, 0) is 57.2 Å². The fourth-order valence-corrected chi connectivity index (χ4v) is 3.39. The molecule has 0 saturated carbocycles. The second-order valence-electron chi connectivity index (χ2n) is 6.81. The van der Waals surface area contributed by atoms with Crippen molar-refractivity contribution in [1.82, 2.24) is 4.90 Å². The van der Waals surface area contributed by atoms with Gasteiger partial charge in [-0.25, -0.2) is 0 Å². The predicted octanol–water partition coefficient (Wildman–Crippen LogP) is 3.67. The lowest BCUT2D eigenvalue weighted by atomic mass is 10.0. The Morgan fingerprint density at radius 1 is 1.29 bits per heavy atom. The van der Waals surface area contributed by atoms with Gasteiger partial charge in [-0.3, -0.25) is 9.69 Å². The van der Waals surface area contributed by atoms with Crippen molar-refractivity contribution >= 4 is 11.6 Å². The van der Waals surface area contributed by atoms with Crippen molar-refractivity contribution in [3.8, 4) is 0 Å². The van der Waals surface area contributed by atoms with Gasteiger partial charge in [0, 0.05) is 12.2 Å². The quantitative estimate of drug-likeness (QED) is 0.917. The first-order valence-corrected chi connectivity index (χ1v) is 8.01. The molecule has 0 aromatic heterocycles. The highest BCUT2D eigenvalue weighted by Gasteiger charge is 2.31. The fraction of sp³-hybridized carbons (Fsp3) is 0.611. The molecule has 1 amide bonds. The Bertz CT molecular complexity index is 499. The Morgan fingerprint density at radius 2 is 1.90 bits per heavy atom. The molecule has 1 unspecified atom stereocenters. The summed E-state index contributed by atoms with van der Waals surface area (Å²) in [6.45, 7) is 12.7. The smallest absolute Gasteiger partial charge is 0.241 e. The summed E-state index contributed by atoms with van der Waals surface area (Å²) in [5, 5.41) is 3.17. The molecule has 1 N–H and O–H groups in total. The molecule has 0 radical (unpaired) electrons. The van der Waals surface area contributed by atoms with Crippen LogP contribution in [0.25, 0.3) is 0 Å². The molecule has 1 saturated heterocycles. The zero-order valence-electron chi connectivity index (χ0n) is 14.0. The van der Waals surface area contributed by atoms with Gasteiger partial charge in [-0.1, -0.05) is 31.5 Å². The van der Waals surface area contributed by atoms with Crippen LogP contribution in [0.5, 0.6) is 0 Å². The largest absolute Gasteiger partial charge is 0.324 e. The molecule has 1 aromatic carbocycles. The zero-order chi connectivity index (χ0) is 15.6. The summed E-state index contributed by atoms with van der Waals surface area (Å²) in [5.41, 5.74) is 4.52. The summed E-state index contributed by atoms with van der Waals surface area (Å²) in [6.07, 6.45) is 2.10. The van der Waals surface area contributed by atoms with Gasteiger partial charge in [-0.15, -0.1) is 0 Å². The lowest BCUT2D eigenvalue weighted by Crippen LogP contribution is -2.41. The third-order valence-corrected chi connectivity index (χ3v) is 4.19. The number of hydrogen-bond acceptors (Lipinski definition) is 2. The van der Waals surface area contributed by atoms with Crippen molar-refractivity contribution in [2.24, 2.45) is 5.92 Å². The van der Waals surface area contributed by atoms with Gasteiger partial charge in [0.05, 0.1) is 6.04 Å². The first-order chi connectivity index (χ1) is 9.88. The summed E-state index contributed by atoms with van der Waals surface area (Å²) in [5.74, 6) is 0.754. The van der Waals surface area contributed by atoms with Gasteiger partial charge in [0.1, 0.15) is 0 Å². The van der Waals surface area contributed by atoms with Gasteiger partial charge in [0.15, 0.2) is 0 Å². The third kappa shape index (κ3) is 3.85. The number of carbonyl (C=O) groups is 1. The Kier molecular flexibility index (Phi) is 5.04. The molecule has 1 heterocycles. The van der Waals surface area contributed by atoms with Crippen LogP contribution < -0.4 is 5.32 Å². The van der Waals surface area contributed by atoms with Crippen LogP contribution in [0, 0.1) is 26.7 Å². The molecule has 2 rings (SSSR count). The van der Waals surface area contributed by atoms with Crippen molar-refractivity contribution < 1.29 is 4.79 Å². The van der Waals surface area contributed by atoms with Gasteiger partial charge < -0.3 is 5.32 Å². The highest BCUT2D eigenvalue weighted by atomic mass is 16.2. The normalized spacial score (nSPS) is 19.2. The average molecular weight is 288 g/mol. The Hall–Kier alpha value is -1.35. The summed E-state index contributed by atoms with van der Waals surface area (Å²) < 4.78 is 0. The van der Waals surface area contributed by atoms with E-state index in [4.69, 9.17) is 0 Å². The summed E-state index contributed by atoms with van der Waals surface area (Å²) in [4.78, 5) is 15.0. The molecule has 0 aliphatic carbocycles. The van der Waals surface area contributed by atoms with Crippen molar-refractivity contribution in [2.75, 3.05) is 18.4 Å². The number of hydrogen-bond donors (Lipinski definition) is 1. The predicted molar refractivity (Wildman–Crippen MR) is 88.7 cm³/mol. The van der Waals surface area contributed by atoms with Crippen LogP contribution >= 0.6 is 0 Å². The number of benzene rings is 1. The maximum absolute atomic E-state index is 12.6. The Morgan fingerprint density at radius 3 is 2.48 bits per heavy atom. The van der Waals surface area contributed by atoms with E-state index in [-0.39, 0.29) is 11.9 Å². The number of likely N-dealkylation sites (tertiary alicyclic amines) is 1. The van der Waals surface area contributed by atoms with Gasteiger partial charge in [0.25, 0.3) is 0 Å². The summed E-state index contributed by atoms with van der Waals surface area (Å²) in [6, 6.07) is 4.29. The van der Waals surface area contributed by atoms with Gasteiger partial charge >= 0.3 is 0 Å². The van der Waals surface area contributed by atoms with E-state index < -0.39 is 0 Å². The van der Waals surface area contributed by atoms with Crippen LogP contribution in [-0.2, 0) is 4.79 Å². The maximum atomic E-state index is 12.6. The van der Waals surface area contributed by atoms with Crippen LogP contribution in [0.1, 0.15) is 43.4 Å². The van der Waals surface area contributed by atoms with E-state index >= 15 is 0 Å². The minimum absolute atomic E-state index is 0.0347. The topological polar surface area (TPSA) is 32.3 Å². The SMILES string of the molecule is Cc1cc(C)c(NC(=O)C2CCCN2CC(C)C)c(C)c1. The highest BCUT2D eigenvalue weighted by molar-refractivity contribution is 5.96. The van der Waals surface area contributed by atoms with Crippen molar-refractivity contribution in [1.29, 1.82) is 0 Å². The first kappa shape index (κ1) is 16.0. The Labute approximate surface area is 128 Å². The molecule has 1 fully saturated rings. The highest BCUT2D eigenvalue weighted by Crippen LogP contribution is 2.25. The molecule has 116 valence electrons. The van der Waals surface area contributed by atoms with Crippen molar-refractivity contribution in [3.05, 3.63) is 28.8 Å². The molecule has 0 spiro atoms. The van der Waals surface area contributed by atoms with E-state index in [1.165, 1.54) is 5.56 Å². The molecule has 1 aromatic rings. The van der Waals surface area contributed by atoms with E-state index in [0.717, 1.165) is 42.7 Å². The number of amides is 1. The van der Waals surface area contributed by atoms with E-state index in [1.54, 1.807) is 0 Å². The van der Waals surface area contributed by atoms with Crippen LogP contribution in [0.3, 0.4) is 0 Å². The third-order valence-electron chi connectivity index (χ3n) is 4.19. The first-order valence-electron chi connectivity index (χ1n) is 8.01. The molecular weight excluding hydrogens is 260 g/mol. The molecule has 0 bridgehead atoms. The van der Waals surface area contributed by atoms with Crippen molar-refractivity contribution in [3.63, 3.8) is 0 Å². The molecule has 1 aliphatic heterocycles. The lowest BCUT2D eigenvalue weighted by Gasteiger charge is -2.26. The van der Waals surface area contributed by atoms with E-state index in [0.29, 0.717) is 5.92 Å². The van der Waals surface area contributed by atoms with Gasteiger partial charge in [-0.2, -0.15) is 0 Å². The minimum atomic E-state index is 0.0347.